The third-order valence-corrected chi connectivity index (χ3v) is 3.42. The summed E-state index contributed by atoms with van der Waals surface area (Å²) in [6.07, 6.45) is 6.76. The molecule has 0 spiro atoms. The minimum atomic E-state index is -2.60. The average molecular weight is 270 g/mol. The van der Waals surface area contributed by atoms with E-state index in [4.69, 9.17) is 8.85 Å². The average Bonchev–Trinajstić information content (AvgIpc) is 3.23. The molecule has 3 heterocycles. The molecule has 0 radical (unpaired) electrons. The quantitative estimate of drug-likeness (QED) is 0.790. The summed E-state index contributed by atoms with van der Waals surface area (Å²) in [5.41, 5.74) is 2.75. The molecule has 0 saturated heterocycles. The number of methoxy groups -OCH3 is 1. The van der Waals surface area contributed by atoms with Gasteiger partial charge in [-0.1, -0.05) is 0 Å². The normalized spacial score (nSPS) is 17.5. The number of fused-ring (bicyclic) bond motifs is 1. The van der Waals surface area contributed by atoms with E-state index in [1.165, 1.54) is 6.33 Å². The van der Waals surface area contributed by atoms with Crippen molar-refractivity contribution in [3.8, 4) is 17.3 Å². The predicted molar refractivity (Wildman–Crippen MR) is 73.4 cm³/mol. The van der Waals surface area contributed by atoms with Gasteiger partial charge in [0.25, 0.3) is 0 Å². The van der Waals surface area contributed by atoms with Crippen molar-refractivity contribution < 1.29 is 8.85 Å². The maximum absolute atomic E-state index is 7.33. The van der Waals surface area contributed by atoms with E-state index in [1.807, 2.05) is 6.07 Å². The van der Waals surface area contributed by atoms with Crippen LogP contribution in [0.1, 0.15) is 28.6 Å². The Morgan fingerprint density at radius 2 is 2.30 bits per heavy atom. The lowest BCUT2D eigenvalue weighted by molar-refractivity contribution is 0.397. The lowest BCUT2D eigenvalue weighted by atomic mass is 10.1. The van der Waals surface area contributed by atoms with E-state index >= 15 is 0 Å². The van der Waals surface area contributed by atoms with Gasteiger partial charge in [-0.25, -0.2) is 19.9 Å². The number of aromatic amines is 1. The third kappa shape index (κ3) is 1.72. The first kappa shape index (κ1) is 8.63. The highest BCUT2D eigenvalue weighted by molar-refractivity contribution is 5.77. The highest BCUT2D eigenvalue weighted by atomic mass is 16.5. The fraction of sp³-hybridized carbons (Fsp3) is 0.286. The molecule has 0 bridgehead atoms. The molecule has 1 N–H and O–H groups in total. The minimum Gasteiger partial charge on any atom is -0.480 e. The fourth-order valence-corrected chi connectivity index (χ4v) is 2.30. The van der Waals surface area contributed by atoms with Crippen LogP contribution in [0.15, 0.2) is 24.8 Å². The smallest absolute Gasteiger partial charge is 0.227 e. The van der Waals surface area contributed by atoms with Gasteiger partial charge in [-0.2, -0.15) is 0 Å². The Hall–Kier alpha value is -2.50. The summed E-state index contributed by atoms with van der Waals surface area (Å²) < 4.78 is 27.1. The first-order chi connectivity index (χ1) is 11.0. The molecule has 1 aliphatic carbocycles. The summed E-state index contributed by atoms with van der Waals surface area (Å²) in [6, 6.07) is 1.82. The van der Waals surface area contributed by atoms with Crippen molar-refractivity contribution in [2.75, 3.05) is 7.04 Å². The first-order valence-electron chi connectivity index (χ1n) is 7.86. The third-order valence-electron chi connectivity index (χ3n) is 3.42. The Balaban J connectivity index is 1.89. The number of hydrogen-bond donors (Lipinski definition) is 1. The molecular weight excluding hydrogens is 254 g/mol. The summed E-state index contributed by atoms with van der Waals surface area (Å²) in [4.78, 5) is 20.1. The van der Waals surface area contributed by atoms with Crippen LogP contribution in [0, 0.1) is 0 Å². The van der Waals surface area contributed by atoms with Crippen molar-refractivity contribution in [3.05, 3.63) is 30.5 Å². The fourth-order valence-electron chi connectivity index (χ4n) is 2.30. The minimum absolute atomic E-state index is 0.00298. The number of aromatic nitrogens is 5. The Morgan fingerprint density at radius 1 is 1.35 bits per heavy atom. The molecule has 6 nitrogen and oxygen atoms in total. The van der Waals surface area contributed by atoms with Crippen LogP contribution in [0.4, 0.5) is 0 Å². The van der Waals surface area contributed by atoms with E-state index in [0.29, 0.717) is 11.4 Å². The van der Waals surface area contributed by atoms with Crippen LogP contribution in [0.3, 0.4) is 0 Å². The summed E-state index contributed by atoms with van der Waals surface area (Å²) in [5, 5.41) is 0. The molecule has 0 aromatic carbocycles. The van der Waals surface area contributed by atoms with Crippen LogP contribution in [-0.2, 0) is 0 Å². The Kier molecular flexibility index (Phi) is 1.84. The van der Waals surface area contributed by atoms with Crippen LogP contribution in [0.25, 0.3) is 22.4 Å². The maximum atomic E-state index is 7.33. The van der Waals surface area contributed by atoms with Gasteiger partial charge in [0.1, 0.15) is 11.9 Å². The van der Waals surface area contributed by atoms with Crippen LogP contribution >= 0.6 is 0 Å². The van der Waals surface area contributed by atoms with Crippen LogP contribution in [0.5, 0.6) is 5.88 Å². The predicted octanol–water partition coefficient (Wildman–Crippen LogP) is 2.30. The van der Waals surface area contributed by atoms with E-state index in [-0.39, 0.29) is 11.8 Å². The van der Waals surface area contributed by atoms with Crippen molar-refractivity contribution in [3.63, 3.8) is 0 Å². The standard InChI is InChI=1S/C14H13N5O/c1-20-14-11(12(8-2-3-8)17-7-18-14)13-16-6-10-9(19-13)4-5-15-10/h4-8,15H,2-3H2,1H3/i1D3. The van der Waals surface area contributed by atoms with Crippen molar-refractivity contribution in [2.24, 2.45) is 0 Å². The molecule has 0 atom stereocenters. The molecule has 4 rings (SSSR count). The number of nitrogens with one attached hydrogen (secondary N) is 1. The number of ether oxygens (including phenoxy) is 1. The van der Waals surface area contributed by atoms with Gasteiger partial charge in [-0.3, -0.25) is 0 Å². The van der Waals surface area contributed by atoms with Crippen LogP contribution in [-0.4, -0.2) is 32.0 Å². The van der Waals surface area contributed by atoms with Gasteiger partial charge in [0.2, 0.25) is 5.88 Å². The monoisotopic (exact) mass is 270 g/mol. The van der Waals surface area contributed by atoms with Crippen LogP contribution in [0.2, 0.25) is 0 Å². The molecule has 3 aromatic heterocycles. The van der Waals surface area contributed by atoms with Crippen molar-refractivity contribution >= 4 is 11.0 Å². The van der Waals surface area contributed by atoms with Gasteiger partial charge in [-0.15, -0.1) is 0 Å². The summed E-state index contributed by atoms with van der Waals surface area (Å²) in [7, 11) is -2.60. The largest absolute Gasteiger partial charge is 0.480 e. The SMILES string of the molecule is [2H]C([2H])([2H])Oc1ncnc(C2CC2)c1-c1ncc2[nH]ccc2n1. The van der Waals surface area contributed by atoms with Gasteiger partial charge < -0.3 is 9.72 Å². The Bertz CT molecular complexity index is 872. The Labute approximate surface area is 119 Å². The van der Waals surface area contributed by atoms with E-state index in [9.17, 15) is 0 Å². The molecular formula is C14H13N5O. The van der Waals surface area contributed by atoms with Gasteiger partial charge in [0.15, 0.2) is 5.82 Å². The van der Waals surface area contributed by atoms with E-state index in [0.717, 1.165) is 29.6 Å². The molecule has 6 heteroatoms. The molecule has 3 aromatic rings. The molecule has 0 amide bonds. The zero-order valence-electron chi connectivity index (χ0n) is 13.5. The molecule has 20 heavy (non-hydrogen) atoms. The second kappa shape index (κ2) is 4.26. The first-order valence-corrected chi connectivity index (χ1v) is 6.36. The topological polar surface area (TPSA) is 76.6 Å². The summed E-state index contributed by atoms with van der Waals surface area (Å²) in [6.45, 7) is 0. The van der Waals surface area contributed by atoms with Gasteiger partial charge in [-0.05, 0) is 18.9 Å². The molecule has 1 fully saturated rings. The highest BCUT2D eigenvalue weighted by Gasteiger charge is 2.31. The van der Waals surface area contributed by atoms with E-state index in [2.05, 4.69) is 24.9 Å². The highest BCUT2D eigenvalue weighted by Crippen LogP contribution is 2.44. The second-order valence-corrected chi connectivity index (χ2v) is 4.79. The van der Waals surface area contributed by atoms with Gasteiger partial charge >= 0.3 is 0 Å². The number of nitrogens with zero attached hydrogens (tertiary/aromatic N) is 4. The summed E-state index contributed by atoms with van der Waals surface area (Å²) >= 11 is 0. The Morgan fingerprint density at radius 3 is 3.15 bits per heavy atom. The van der Waals surface area contributed by atoms with E-state index < -0.39 is 7.04 Å². The van der Waals surface area contributed by atoms with Gasteiger partial charge in [0.05, 0.1) is 34.1 Å². The van der Waals surface area contributed by atoms with Crippen molar-refractivity contribution in [1.29, 1.82) is 0 Å². The lowest BCUT2D eigenvalue weighted by Gasteiger charge is -2.10. The lowest BCUT2D eigenvalue weighted by Crippen LogP contribution is -2.01. The zero-order valence-corrected chi connectivity index (χ0v) is 10.5. The molecule has 0 aliphatic heterocycles. The molecule has 0 unspecified atom stereocenters. The van der Waals surface area contributed by atoms with Crippen molar-refractivity contribution in [2.45, 2.75) is 18.8 Å². The van der Waals surface area contributed by atoms with E-state index in [1.54, 1.807) is 12.4 Å². The molecule has 1 saturated carbocycles. The summed E-state index contributed by atoms with van der Waals surface area (Å²) in [5.74, 6) is 0.646. The molecule has 1 aliphatic rings. The zero-order chi connectivity index (χ0) is 16.0. The number of H-pyrrole nitrogens is 1. The van der Waals surface area contributed by atoms with Gasteiger partial charge in [0, 0.05) is 12.1 Å². The maximum Gasteiger partial charge on any atom is 0.227 e. The van der Waals surface area contributed by atoms with Crippen LogP contribution < -0.4 is 4.74 Å². The number of rotatable bonds is 3. The van der Waals surface area contributed by atoms with Crippen molar-refractivity contribution in [1.82, 2.24) is 24.9 Å². The second-order valence-electron chi connectivity index (χ2n) is 4.79. The number of hydrogen-bond acceptors (Lipinski definition) is 5. The molecule has 100 valence electrons.